The lowest BCUT2D eigenvalue weighted by Crippen LogP contribution is -2.25. The van der Waals surface area contributed by atoms with Crippen LogP contribution in [0.25, 0.3) is 10.9 Å². The first-order valence-electron chi connectivity index (χ1n) is 6.78. The van der Waals surface area contributed by atoms with E-state index in [9.17, 15) is 4.79 Å². The zero-order valence-electron chi connectivity index (χ0n) is 11.9. The molecule has 0 radical (unpaired) electrons. The van der Waals surface area contributed by atoms with Crippen LogP contribution in [0.3, 0.4) is 0 Å². The molecule has 0 bridgehead atoms. The lowest BCUT2D eigenvalue weighted by molar-refractivity contribution is 0.710. The summed E-state index contributed by atoms with van der Waals surface area (Å²) in [4.78, 5) is 17.2. The molecule has 1 heterocycles. The molecular weight excluding hydrogens is 284 g/mol. The first-order chi connectivity index (χ1) is 10.1. The Kier molecular flexibility index (Phi) is 3.52. The molecule has 0 saturated heterocycles. The molecule has 2 aromatic carbocycles. The fourth-order valence-electron chi connectivity index (χ4n) is 2.48. The SMILES string of the molecule is Cc1ccccc1Cn1c(C)nc2cccc(Cl)c2c1=O. The molecule has 3 nitrogen and oxygen atoms in total. The monoisotopic (exact) mass is 298 g/mol. The highest BCUT2D eigenvalue weighted by atomic mass is 35.5. The molecule has 0 aliphatic carbocycles. The second-order valence-corrected chi connectivity index (χ2v) is 5.52. The molecular formula is C17H15ClN2O. The van der Waals surface area contributed by atoms with Crippen LogP contribution < -0.4 is 5.56 Å². The molecule has 21 heavy (non-hydrogen) atoms. The van der Waals surface area contributed by atoms with Crippen molar-refractivity contribution in [2.24, 2.45) is 0 Å². The molecule has 0 aliphatic heterocycles. The first kappa shape index (κ1) is 13.8. The van der Waals surface area contributed by atoms with Crippen LogP contribution in [0.4, 0.5) is 0 Å². The molecule has 0 saturated carbocycles. The maximum atomic E-state index is 12.7. The summed E-state index contributed by atoms with van der Waals surface area (Å²) in [5, 5.41) is 0.932. The second kappa shape index (κ2) is 5.34. The average molecular weight is 299 g/mol. The van der Waals surface area contributed by atoms with Crippen molar-refractivity contribution in [3.05, 3.63) is 74.8 Å². The molecule has 0 N–H and O–H groups in total. The summed E-state index contributed by atoms with van der Waals surface area (Å²) in [6, 6.07) is 13.4. The highest BCUT2D eigenvalue weighted by molar-refractivity contribution is 6.35. The topological polar surface area (TPSA) is 34.9 Å². The van der Waals surface area contributed by atoms with E-state index in [1.165, 1.54) is 0 Å². The minimum atomic E-state index is -0.0913. The van der Waals surface area contributed by atoms with Gasteiger partial charge in [0.05, 0.1) is 22.5 Å². The number of aromatic nitrogens is 2. The quantitative estimate of drug-likeness (QED) is 0.723. The molecule has 0 amide bonds. The summed E-state index contributed by atoms with van der Waals surface area (Å²) in [6.45, 7) is 4.39. The van der Waals surface area contributed by atoms with E-state index < -0.39 is 0 Å². The number of benzene rings is 2. The van der Waals surface area contributed by atoms with E-state index >= 15 is 0 Å². The highest BCUT2D eigenvalue weighted by Gasteiger charge is 2.11. The summed E-state index contributed by atoms with van der Waals surface area (Å²) >= 11 is 6.17. The van der Waals surface area contributed by atoms with Crippen molar-refractivity contribution in [2.45, 2.75) is 20.4 Å². The molecule has 3 aromatic rings. The van der Waals surface area contributed by atoms with E-state index in [1.807, 2.05) is 50.2 Å². The molecule has 0 unspecified atom stereocenters. The summed E-state index contributed by atoms with van der Waals surface area (Å²) in [6.07, 6.45) is 0. The van der Waals surface area contributed by atoms with E-state index in [-0.39, 0.29) is 5.56 Å². The van der Waals surface area contributed by atoms with Crippen molar-refractivity contribution in [3.63, 3.8) is 0 Å². The maximum Gasteiger partial charge on any atom is 0.263 e. The third-order valence-corrected chi connectivity index (χ3v) is 4.03. The molecule has 3 rings (SSSR count). The van der Waals surface area contributed by atoms with E-state index in [2.05, 4.69) is 4.98 Å². The number of nitrogens with zero attached hydrogens (tertiary/aromatic N) is 2. The summed E-state index contributed by atoms with van der Waals surface area (Å²) < 4.78 is 1.68. The van der Waals surface area contributed by atoms with Gasteiger partial charge in [0.15, 0.2) is 0 Å². The highest BCUT2D eigenvalue weighted by Crippen LogP contribution is 2.19. The lowest BCUT2D eigenvalue weighted by atomic mass is 10.1. The second-order valence-electron chi connectivity index (χ2n) is 5.11. The van der Waals surface area contributed by atoms with E-state index in [4.69, 9.17) is 11.6 Å². The van der Waals surface area contributed by atoms with Gasteiger partial charge in [-0.1, -0.05) is 41.9 Å². The summed E-state index contributed by atoms with van der Waals surface area (Å²) in [5.74, 6) is 0.693. The van der Waals surface area contributed by atoms with Gasteiger partial charge in [-0.2, -0.15) is 0 Å². The molecule has 0 spiro atoms. The molecule has 106 valence electrons. The van der Waals surface area contributed by atoms with Crippen molar-refractivity contribution in [3.8, 4) is 0 Å². The van der Waals surface area contributed by atoms with Crippen molar-refractivity contribution < 1.29 is 0 Å². The average Bonchev–Trinajstić information content (AvgIpc) is 2.45. The normalized spacial score (nSPS) is 11.0. The molecule has 1 aromatic heterocycles. The van der Waals surface area contributed by atoms with Gasteiger partial charge >= 0.3 is 0 Å². The van der Waals surface area contributed by atoms with Crippen molar-refractivity contribution >= 4 is 22.5 Å². The number of halogens is 1. The molecule has 0 aliphatic rings. The minimum Gasteiger partial charge on any atom is -0.292 e. The summed E-state index contributed by atoms with van der Waals surface area (Å²) in [5.41, 5.74) is 2.82. The molecule has 0 fully saturated rings. The number of aryl methyl sites for hydroxylation is 2. The third kappa shape index (κ3) is 2.45. The van der Waals surface area contributed by atoms with Crippen LogP contribution in [0.5, 0.6) is 0 Å². The van der Waals surface area contributed by atoms with Gasteiger partial charge in [0.2, 0.25) is 0 Å². The predicted molar refractivity (Wildman–Crippen MR) is 86.0 cm³/mol. The Morgan fingerprint density at radius 1 is 1.10 bits per heavy atom. The Balaban J connectivity index is 2.22. The predicted octanol–water partition coefficient (Wildman–Crippen LogP) is 3.72. The minimum absolute atomic E-state index is 0.0913. The van der Waals surface area contributed by atoms with E-state index in [1.54, 1.807) is 10.6 Å². The third-order valence-electron chi connectivity index (χ3n) is 3.71. The largest absolute Gasteiger partial charge is 0.292 e. The van der Waals surface area contributed by atoms with Gasteiger partial charge in [-0.05, 0) is 37.1 Å². The Morgan fingerprint density at radius 3 is 2.62 bits per heavy atom. The van der Waals surface area contributed by atoms with Crippen LogP contribution in [0.15, 0.2) is 47.3 Å². The van der Waals surface area contributed by atoms with E-state index in [0.29, 0.717) is 28.3 Å². The van der Waals surface area contributed by atoms with Crippen molar-refractivity contribution in [1.29, 1.82) is 0 Å². The molecule has 0 atom stereocenters. The van der Waals surface area contributed by atoms with Gasteiger partial charge in [-0.15, -0.1) is 0 Å². The zero-order valence-corrected chi connectivity index (χ0v) is 12.7. The Bertz CT molecular complexity index is 884. The van der Waals surface area contributed by atoms with Gasteiger partial charge in [0, 0.05) is 0 Å². The first-order valence-corrected chi connectivity index (χ1v) is 7.16. The smallest absolute Gasteiger partial charge is 0.263 e. The standard InChI is InChI=1S/C17H15ClN2O/c1-11-6-3-4-7-13(11)10-20-12(2)19-15-9-5-8-14(18)16(15)17(20)21/h3-9H,10H2,1-2H3. The fourth-order valence-corrected chi connectivity index (χ4v) is 2.73. The van der Waals surface area contributed by atoms with Gasteiger partial charge < -0.3 is 0 Å². The van der Waals surface area contributed by atoms with Crippen LogP contribution in [-0.2, 0) is 6.54 Å². The van der Waals surface area contributed by atoms with Crippen LogP contribution in [0.2, 0.25) is 5.02 Å². The summed E-state index contributed by atoms with van der Waals surface area (Å²) in [7, 11) is 0. The lowest BCUT2D eigenvalue weighted by Gasteiger charge is -2.13. The van der Waals surface area contributed by atoms with Gasteiger partial charge in [0.1, 0.15) is 5.82 Å². The van der Waals surface area contributed by atoms with Crippen LogP contribution >= 0.6 is 11.6 Å². The van der Waals surface area contributed by atoms with E-state index in [0.717, 1.165) is 11.1 Å². The maximum absolute atomic E-state index is 12.7. The van der Waals surface area contributed by atoms with Crippen molar-refractivity contribution in [2.75, 3.05) is 0 Å². The Morgan fingerprint density at radius 2 is 1.86 bits per heavy atom. The van der Waals surface area contributed by atoms with Gasteiger partial charge in [-0.25, -0.2) is 4.98 Å². The van der Waals surface area contributed by atoms with Gasteiger partial charge in [-0.3, -0.25) is 9.36 Å². The fraction of sp³-hybridized carbons (Fsp3) is 0.176. The van der Waals surface area contributed by atoms with Crippen LogP contribution in [-0.4, -0.2) is 9.55 Å². The molecule has 4 heteroatoms. The number of hydrogen-bond acceptors (Lipinski definition) is 2. The van der Waals surface area contributed by atoms with Crippen LogP contribution in [0.1, 0.15) is 17.0 Å². The van der Waals surface area contributed by atoms with Crippen molar-refractivity contribution in [1.82, 2.24) is 9.55 Å². The number of hydrogen-bond donors (Lipinski definition) is 0. The number of fused-ring (bicyclic) bond motifs is 1. The van der Waals surface area contributed by atoms with Gasteiger partial charge in [0.25, 0.3) is 5.56 Å². The Hall–Kier alpha value is -2.13. The van der Waals surface area contributed by atoms with Crippen LogP contribution in [0, 0.1) is 13.8 Å². The number of rotatable bonds is 2. The zero-order chi connectivity index (χ0) is 15.0. The Labute approximate surface area is 127 Å².